The van der Waals surface area contributed by atoms with Crippen LogP contribution >= 0.6 is 0 Å². The molecule has 0 aliphatic rings. The Morgan fingerprint density at radius 3 is 2.83 bits per heavy atom. The lowest BCUT2D eigenvalue weighted by atomic mass is 10.1. The van der Waals surface area contributed by atoms with E-state index in [1.807, 2.05) is 18.2 Å². The van der Waals surface area contributed by atoms with Crippen LogP contribution in [-0.4, -0.2) is 32.3 Å². The SMILES string of the molecule is COCCN(C)c1cc(CN)nc2ccccc12. The van der Waals surface area contributed by atoms with E-state index in [-0.39, 0.29) is 0 Å². The third-order valence-corrected chi connectivity index (χ3v) is 3.00. The van der Waals surface area contributed by atoms with E-state index in [0.29, 0.717) is 13.2 Å². The van der Waals surface area contributed by atoms with Crippen molar-refractivity contribution in [1.29, 1.82) is 0 Å². The largest absolute Gasteiger partial charge is 0.383 e. The normalized spacial score (nSPS) is 10.8. The second kappa shape index (κ2) is 5.80. The Balaban J connectivity index is 2.46. The number of anilines is 1. The molecule has 2 aromatic rings. The number of aromatic nitrogens is 1. The number of benzene rings is 1. The summed E-state index contributed by atoms with van der Waals surface area (Å²) in [6.45, 7) is 2.00. The molecule has 1 heterocycles. The minimum atomic E-state index is 0.454. The number of hydrogen-bond donors (Lipinski definition) is 1. The minimum Gasteiger partial charge on any atom is -0.383 e. The smallest absolute Gasteiger partial charge is 0.0726 e. The summed E-state index contributed by atoms with van der Waals surface area (Å²) in [5, 5.41) is 1.15. The first-order valence-corrected chi connectivity index (χ1v) is 6.05. The van der Waals surface area contributed by atoms with Crippen LogP contribution in [0.15, 0.2) is 30.3 Å². The van der Waals surface area contributed by atoms with Crippen LogP contribution in [0.25, 0.3) is 10.9 Å². The monoisotopic (exact) mass is 245 g/mol. The Morgan fingerprint density at radius 1 is 1.33 bits per heavy atom. The van der Waals surface area contributed by atoms with Gasteiger partial charge in [0.2, 0.25) is 0 Å². The third kappa shape index (κ3) is 2.60. The summed E-state index contributed by atoms with van der Waals surface area (Å²) in [6.07, 6.45) is 0. The van der Waals surface area contributed by atoms with Crippen LogP contribution in [0, 0.1) is 0 Å². The van der Waals surface area contributed by atoms with Crippen LogP contribution in [0.3, 0.4) is 0 Å². The Labute approximate surface area is 107 Å². The van der Waals surface area contributed by atoms with E-state index in [1.165, 1.54) is 0 Å². The fourth-order valence-corrected chi connectivity index (χ4v) is 1.98. The maximum atomic E-state index is 5.70. The van der Waals surface area contributed by atoms with Crippen molar-refractivity contribution in [3.63, 3.8) is 0 Å². The van der Waals surface area contributed by atoms with Crippen LogP contribution in [0.4, 0.5) is 5.69 Å². The molecular weight excluding hydrogens is 226 g/mol. The molecule has 0 spiro atoms. The average molecular weight is 245 g/mol. The van der Waals surface area contributed by atoms with Crippen molar-refractivity contribution in [2.45, 2.75) is 6.54 Å². The molecule has 4 nitrogen and oxygen atoms in total. The van der Waals surface area contributed by atoms with E-state index in [0.717, 1.165) is 28.8 Å². The molecule has 0 saturated carbocycles. The highest BCUT2D eigenvalue weighted by atomic mass is 16.5. The maximum Gasteiger partial charge on any atom is 0.0726 e. The molecule has 0 fully saturated rings. The van der Waals surface area contributed by atoms with E-state index in [4.69, 9.17) is 10.5 Å². The first-order chi connectivity index (χ1) is 8.76. The number of pyridine rings is 1. The highest BCUT2D eigenvalue weighted by molar-refractivity contribution is 5.91. The molecule has 0 saturated heterocycles. The summed E-state index contributed by atoms with van der Waals surface area (Å²) in [5.41, 5.74) is 8.75. The molecular formula is C14H19N3O. The zero-order valence-corrected chi connectivity index (χ0v) is 10.9. The topological polar surface area (TPSA) is 51.4 Å². The number of hydrogen-bond acceptors (Lipinski definition) is 4. The lowest BCUT2D eigenvalue weighted by molar-refractivity contribution is 0.206. The van der Waals surface area contributed by atoms with Gasteiger partial charge in [-0.3, -0.25) is 4.98 Å². The Hall–Kier alpha value is -1.65. The molecule has 0 amide bonds. The van der Waals surface area contributed by atoms with Crippen molar-refractivity contribution in [3.05, 3.63) is 36.0 Å². The Kier molecular flexibility index (Phi) is 4.12. The summed E-state index contributed by atoms with van der Waals surface area (Å²) in [7, 11) is 3.77. The van der Waals surface area contributed by atoms with Crippen LogP contribution in [-0.2, 0) is 11.3 Å². The fraction of sp³-hybridized carbons (Fsp3) is 0.357. The molecule has 1 aromatic heterocycles. The predicted octanol–water partition coefficient (Wildman–Crippen LogP) is 1.78. The van der Waals surface area contributed by atoms with Crippen LogP contribution in [0.2, 0.25) is 0 Å². The van der Waals surface area contributed by atoms with E-state index in [1.54, 1.807) is 7.11 Å². The molecule has 0 radical (unpaired) electrons. The molecule has 0 unspecified atom stereocenters. The molecule has 0 aliphatic heterocycles. The van der Waals surface area contributed by atoms with Crippen molar-refractivity contribution < 1.29 is 4.74 Å². The molecule has 2 N–H and O–H groups in total. The summed E-state index contributed by atoms with van der Waals surface area (Å²) in [5.74, 6) is 0. The van der Waals surface area contributed by atoms with Crippen molar-refractivity contribution in [2.24, 2.45) is 5.73 Å². The lowest BCUT2D eigenvalue weighted by Crippen LogP contribution is -2.22. The molecule has 0 atom stereocenters. The fourth-order valence-electron chi connectivity index (χ4n) is 1.98. The highest BCUT2D eigenvalue weighted by Gasteiger charge is 2.08. The zero-order valence-electron chi connectivity index (χ0n) is 10.9. The molecule has 0 bridgehead atoms. The van der Waals surface area contributed by atoms with Gasteiger partial charge in [0.25, 0.3) is 0 Å². The zero-order chi connectivity index (χ0) is 13.0. The molecule has 96 valence electrons. The van der Waals surface area contributed by atoms with Crippen molar-refractivity contribution in [3.8, 4) is 0 Å². The minimum absolute atomic E-state index is 0.454. The van der Waals surface area contributed by atoms with Crippen molar-refractivity contribution in [1.82, 2.24) is 4.98 Å². The predicted molar refractivity (Wildman–Crippen MR) is 74.8 cm³/mol. The second-order valence-corrected chi connectivity index (χ2v) is 4.27. The first-order valence-electron chi connectivity index (χ1n) is 6.05. The van der Waals surface area contributed by atoms with E-state index < -0.39 is 0 Å². The molecule has 18 heavy (non-hydrogen) atoms. The number of rotatable bonds is 5. The van der Waals surface area contributed by atoms with Gasteiger partial charge in [0, 0.05) is 38.3 Å². The Morgan fingerprint density at radius 2 is 2.11 bits per heavy atom. The molecule has 2 rings (SSSR count). The first kappa shape index (κ1) is 12.8. The molecule has 0 aliphatic carbocycles. The quantitative estimate of drug-likeness (QED) is 0.872. The summed E-state index contributed by atoms with van der Waals surface area (Å²) in [4.78, 5) is 6.71. The molecule has 1 aromatic carbocycles. The lowest BCUT2D eigenvalue weighted by Gasteiger charge is -2.21. The second-order valence-electron chi connectivity index (χ2n) is 4.27. The number of nitrogens with two attached hydrogens (primary N) is 1. The Bertz CT molecular complexity index is 527. The summed E-state index contributed by atoms with van der Waals surface area (Å²) < 4.78 is 5.12. The van der Waals surface area contributed by atoms with Crippen molar-refractivity contribution in [2.75, 3.05) is 32.2 Å². The van der Waals surface area contributed by atoms with E-state index >= 15 is 0 Å². The highest BCUT2D eigenvalue weighted by Crippen LogP contribution is 2.25. The van der Waals surface area contributed by atoms with E-state index in [2.05, 4.69) is 29.1 Å². The van der Waals surface area contributed by atoms with Gasteiger partial charge in [-0.25, -0.2) is 0 Å². The van der Waals surface area contributed by atoms with Crippen LogP contribution in [0.1, 0.15) is 5.69 Å². The summed E-state index contributed by atoms with van der Waals surface area (Å²) in [6, 6.07) is 10.2. The maximum absolute atomic E-state index is 5.70. The van der Waals surface area contributed by atoms with Crippen LogP contribution in [0.5, 0.6) is 0 Å². The van der Waals surface area contributed by atoms with Gasteiger partial charge in [-0.1, -0.05) is 18.2 Å². The number of para-hydroxylation sites is 1. The van der Waals surface area contributed by atoms with Gasteiger partial charge in [0.05, 0.1) is 17.8 Å². The third-order valence-electron chi connectivity index (χ3n) is 3.00. The molecule has 4 heteroatoms. The van der Waals surface area contributed by atoms with Gasteiger partial charge in [0.15, 0.2) is 0 Å². The number of nitrogens with zero attached hydrogens (tertiary/aromatic N) is 2. The summed E-state index contributed by atoms with van der Waals surface area (Å²) >= 11 is 0. The number of ether oxygens (including phenoxy) is 1. The van der Waals surface area contributed by atoms with Gasteiger partial charge in [-0.15, -0.1) is 0 Å². The average Bonchev–Trinajstić information content (AvgIpc) is 2.43. The van der Waals surface area contributed by atoms with Gasteiger partial charge in [-0.05, 0) is 12.1 Å². The van der Waals surface area contributed by atoms with Crippen molar-refractivity contribution >= 4 is 16.6 Å². The number of methoxy groups -OCH3 is 1. The van der Waals surface area contributed by atoms with Gasteiger partial charge < -0.3 is 15.4 Å². The number of likely N-dealkylation sites (N-methyl/N-ethyl adjacent to an activating group) is 1. The standard InChI is InChI=1S/C14H19N3O/c1-17(7-8-18-2)14-9-11(10-15)16-13-6-4-3-5-12(13)14/h3-6,9H,7-8,10,15H2,1-2H3. The van der Waals surface area contributed by atoms with Crippen LogP contribution < -0.4 is 10.6 Å². The van der Waals surface area contributed by atoms with Gasteiger partial charge in [0.1, 0.15) is 0 Å². The van der Waals surface area contributed by atoms with Gasteiger partial charge >= 0.3 is 0 Å². The van der Waals surface area contributed by atoms with Gasteiger partial charge in [-0.2, -0.15) is 0 Å². The van der Waals surface area contributed by atoms with E-state index in [9.17, 15) is 0 Å². The number of fused-ring (bicyclic) bond motifs is 1.